The summed E-state index contributed by atoms with van der Waals surface area (Å²) in [5.41, 5.74) is 2.68. The molecule has 2 aromatic rings. The van der Waals surface area contributed by atoms with Gasteiger partial charge < -0.3 is 15.2 Å². The molecule has 0 bridgehead atoms. The average molecular weight is 313 g/mol. The van der Waals surface area contributed by atoms with Crippen molar-refractivity contribution in [2.75, 3.05) is 13.6 Å². The van der Waals surface area contributed by atoms with Crippen molar-refractivity contribution >= 4 is 17.0 Å². The fourth-order valence-electron chi connectivity index (χ4n) is 3.34. The molecule has 23 heavy (non-hydrogen) atoms. The van der Waals surface area contributed by atoms with Gasteiger partial charge >= 0.3 is 0 Å². The molecule has 1 aromatic heterocycles. The SMILES string of the molecule is CCC1(CNC(=NC)NCc2nc3ccccc3n2C)CCC1. The fourth-order valence-corrected chi connectivity index (χ4v) is 3.34. The van der Waals surface area contributed by atoms with Crippen molar-refractivity contribution < 1.29 is 0 Å². The Hall–Kier alpha value is -2.04. The van der Waals surface area contributed by atoms with E-state index in [1.807, 2.05) is 25.2 Å². The molecule has 0 amide bonds. The van der Waals surface area contributed by atoms with E-state index in [2.05, 4.69) is 45.2 Å². The maximum Gasteiger partial charge on any atom is 0.191 e. The Morgan fingerprint density at radius 2 is 2.09 bits per heavy atom. The van der Waals surface area contributed by atoms with E-state index in [4.69, 9.17) is 0 Å². The molecule has 1 aliphatic carbocycles. The number of imidazole rings is 1. The first-order valence-electron chi connectivity index (χ1n) is 8.52. The molecule has 5 nitrogen and oxygen atoms in total. The number of fused-ring (bicyclic) bond motifs is 1. The largest absolute Gasteiger partial charge is 0.356 e. The molecule has 0 spiro atoms. The van der Waals surface area contributed by atoms with Crippen LogP contribution in [0.25, 0.3) is 11.0 Å². The molecule has 1 fully saturated rings. The van der Waals surface area contributed by atoms with E-state index >= 15 is 0 Å². The minimum absolute atomic E-state index is 0.482. The molecule has 0 saturated heterocycles. The van der Waals surface area contributed by atoms with Gasteiger partial charge in [0.15, 0.2) is 5.96 Å². The Labute approximate surface area is 138 Å². The number of para-hydroxylation sites is 2. The summed E-state index contributed by atoms with van der Waals surface area (Å²) in [5, 5.41) is 6.88. The highest BCUT2D eigenvalue weighted by molar-refractivity contribution is 5.80. The minimum Gasteiger partial charge on any atom is -0.356 e. The summed E-state index contributed by atoms with van der Waals surface area (Å²) in [4.78, 5) is 9.03. The third-order valence-electron chi connectivity index (χ3n) is 5.31. The van der Waals surface area contributed by atoms with E-state index in [0.29, 0.717) is 12.0 Å². The molecule has 1 heterocycles. The van der Waals surface area contributed by atoms with E-state index in [1.54, 1.807) is 0 Å². The van der Waals surface area contributed by atoms with Crippen LogP contribution in [0.3, 0.4) is 0 Å². The quantitative estimate of drug-likeness (QED) is 0.659. The normalized spacial score (nSPS) is 17.1. The smallest absolute Gasteiger partial charge is 0.191 e. The van der Waals surface area contributed by atoms with E-state index in [-0.39, 0.29) is 0 Å². The summed E-state index contributed by atoms with van der Waals surface area (Å²) in [5.74, 6) is 1.87. The molecule has 1 aromatic carbocycles. The molecule has 0 aliphatic heterocycles. The van der Waals surface area contributed by atoms with Gasteiger partial charge in [0.25, 0.3) is 0 Å². The summed E-state index contributed by atoms with van der Waals surface area (Å²) in [6.07, 6.45) is 5.26. The third-order valence-corrected chi connectivity index (χ3v) is 5.31. The molecule has 5 heteroatoms. The van der Waals surface area contributed by atoms with Crippen LogP contribution in [0, 0.1) is 5.41 Å². The van der Waals surface area contributed by atoms with Crippen molar-refractivity contribution in [1.82, 2.24) is 20.2 Å². The van der Waals surface area contributed by atoms with Crippen molar-refractivity contribution in [2.24, 2.45) is 17.5 Å². The molecular weight excluding hydrogens is 286 g/mol. The van der Waals surface area contributed by atoms with Gasteiger partial charge in [-0.25, -0.2) is 4.98 Å². The van der Waals surface area contributed by atoms with Crippen LogP contribution in [-0.4, -0.2) is 29.1 Å². The molecular formula is C18H27N5. The maximum absolute atomic E-state index is 4.69. The minimum atomic E-state index is 0.482. The lowest BCUT2D eigenvalue weighted by Gasteiger charge is -2.41. The first-order valence-corrected chi connectivity index (χ1v) is 8.52. The summed E-state index contributed by atoms with van der Waals surface area (Å²) in [7, 11) is 3.88. The highest BCUT2D eigenvalue weighted by atomic mass is 15.2. The Balaban J connectivity index is 1.60. The van der Waals surface area contributed by atoms with Crippen LogP contribution in [-0.2, 0) is 13.6 Å². The molecule has 3 rings (SSSR count). The van der Waals surface area contributed by atoms with Gasteiger partial charge in [0.1, 0.15) is 5.82 Å². The summed E-state index contributed by atoms with van der Waals surface area (Å²) in [6.45, 7) is 3.96. The van der Waals surface area contributed by atoms with Crippen LogP contribution < -0.4 is 10.6 Å². The van der Waals surface area contributed by atoms with Gasteiger partial charge in [-0.1, -0.05) is 25.5 Å². The molecule has 1 aliphatic rings. The van der Waals surface area contributed by atoms with Gasteiger partial charge in [0.05, 0.1) is 17.6 Å². The van der Waals surface area contributed by atoms with Crippen molar-refractivity contribution in [3.8, 4) is 0 Å². The summed E-state index contributed by atoms with van der Waals surface area (Å²) >= 11 is 0. The Morgan fingerprint density at radius 1 is 1.30 bits per heavy atom. The van der Waals surface area contributed by atoms with Crippen LogP contribution in [0.1, 0.15) is 38.4 Å². The average Bonchev–Trinajstić information content (AvgIpc) is 2.86. The van der Waals surface area contributed by atoms with E-state index in [9.17, 15) is 0 Å². The zero-order chi connectivity index (χ0) is 16.3. The standard InChI is InChI=1S/C18H27N5/c1-4-18(10-7-11-18)13-21-17(19-2)20-12-16-22-14-8-5-6-9-15(14)23(16)3/h5-6,8-9H,4,7,10-13H2,1-3H3,(H2,19,20,21). The highest BCUT2D eigenvalue weighted by Gasteiger charge is 2.34. The first kappa shape index (κ1) is 15.8. The molecule has 0 radical (unpaired) electrons. The number of aryl methyl sites for hydroxylation is 1. The Kier molecular flexibility index (Phi) is 4.55. The first-order chi connectivity index (χ1) is 11.2. The number of aromatic nitrogens is 2. The Morgan fingerprint density at radius 3 is 2.70 bits per heavy atom. The van der Waals surface area contributed by atoms with E-state index < -0.39 is 0 Å². The number of nitrogens with one attached hydrogen (secondary N) is 2. The molecule has 2 N–H and O–H groups in total. The van der Waals surface area contributed by atoms with Gasteiger partial charge in [0.2, 0.25) is 0 Å². The predicted molar refractivity (Wildman–Crippen MR) is 95.5 cm³/mol. The fraction of sp³-hybridized carbons (Fsp3) is 0.556. The number of benzene rings is 1. The Bertz CT molecular complexity index is 691. The topological polar surface area (TPSA) is 54.2 Å². The van der Waals surface area contributed by atoms with Crippen LogP contribution in [0.15, 0.2) is 29.3 Å². The molecule has 0 atom stereocenters. The van der Waals surface area contributed by atoms with Gasteiger partial charge in [0, 0.05) is 20.6 Å². The van der Waals surface area contributed by atoms with Crippen molar-refractivity contribution in [3.63, 3.8) is 0 Å². The lowest BCUT2D eigenvalue weighted by Crippen LogP contribution is -2.46. The van der Waals surface area contributed by atoms with Gasteiger partial charge in [-0.2, -0.15) is 0 Å². The van der Waals surface area contributed by atoms with Crippen LogP contribution in [0.5, 0.6) is 0 Å². The zero-order valence-electron chi connectivity index (χ0n) is 14.4. The second-order valence-electron chi connectivity index (χ2n) is 6.56. The van der Waals surface area contributed by atoms with Crippen molar-refractivity contribution in [3.05, 3.63) is 30.1 Å². The van der Waals surface area contributed by atoms with Crippen LogP contribution in [0.4, 0.5) is 0 Å². The zero-order valence-corrected chi connectivity index (χ0v) is 14.4. The molecule has 1 saturated carbocycles. The van der Waals surface area contributed by atoms with Gasteiger partial charge in [-0.05, 0) is 36.8 Å². The monoisotopic (exact) mass is 313 g/mol. The van der Waals surface area contributed by atoms with E-state index in [1.165, 1.54) is 25.7 Å². The number of hydrogen-bond acceptors (Lipinski definition) is 2. The number of hydrogen-bond donors (Lipinski definition) is 2. The number of aliphatic imine (C=N–C) groups is 1. The number of guanidine groups is 1. The molecule has 0 unspecified atom stereocenters. The summed E-state index contributed by atoms with van der Waals surface area (Å²) in [6, 6.07) is 8.22. The van der Waals surface area contributed by atoms with Crippen LogP contribution >= 0.6 is 0 Å². The van der Waals surface area contributed by atoms with Gasteiger partial charge in [-0.15, -0.1) is 0 Å². The predicted octanol–water partition coefficient (Wildman–Crippen LogP) is 2.82. The maximum atomic E-state index is 4.69. The second-order valence-corrected chi connectivity index (χ2v) is 6.56. The number of rotatable bonds is 5. The number of nitrogens with zero attached hydrogens (tertiary/aromatic N) is 3. The summed E-state index contributed by atoms with van der Waals surface area (Å²) < 4.78 is 2.13. The third kappa shape index (κ3) is 3.19. The van der Waals surface area contributed by atoms with Crippen molar-refractivity contribution in [1.29, 1.82) is 0 Å². The lowest BCUT2D eigenvalue weighted by molar-refractivity contribution is 0.131. The molecule has 124 valence electrons. The highest BCUT2D eigenvalue weighted by Crippen LogP contribution is 2.42. The second kappa shape index (κ2) is 6.60. The van der Waals surface area contributed by atoms with Gasteiger partial charge in [-0.3, -0.25) is 4.99 Å². The van der Waals surface area contributed by atoms with E-state index in [0.717, 1.165) is 29.4 Å². The van der Waals surface area contributed by atoms with Crippen molar-refractivity contribution in [2.45, 2.75) is 39.2 Å². The van der Waals surface area contributed by atoms with Crippen LogP contribution in [0.2, 0.25) is 0 Å². The lowest BCUT2D eigenvalue weighted by atomic mass is 9.67.